The fourth-order valence-electron chi connectivity index (χ4n) is 2.59. The van der Waals surface area contributed by atoms with Crippen molar-refractivity contribution in [3.8, 4) is 0 Å². The van der Waals surface area contributed by atoms with Crippen LogP contribution in [-0.2, 0) is 28.5 Å². The van der Waals surface area contributed by atoms with Crippen LogP contribution in [0.1, 0.15) is 25.7 Å². The average Bonchev–Trinajstić information content (AvgIpc) is 3.36. The van der Waals surface area contributed by atoms with Gasteiger partial charge >= 0.3 is 11.9 Å². The molecule has 0 aromatic carbocycles. The molecule has 0 bridgehead atoms. The van der Waals surface area contributed by atoms with Crippen LogP contribution in [0.15, 0.2) is 0 Å². The molecule has 0 spiro atoms. The van der Waals surface area contributed by atoms with Crippen molar-refractivity contribution in [1.82, 2.24) is 0 Å². The first-order valence-corrected chi connectivity index (χ1v) is 7.30. The van der Waals surface area contributed by atoms with Crippen molar-refractivity contribution in [2.75, 3.05) is 26.4 Å². The number of carbonyl (C=O) groups is 2. The zero-order valence-electron chi connectivity index (χ0n) is 11.4. The van der Waals surface area contributed by atoms with E-state index in [1.165, 1.54) is 0 Å². The van der Waals surface area contributed by atoms with Crippen molar-refractivity contribution < 1.29 is 28.5 Å². The van der Waals surface area contributed by atoms with E-state index >= 15 is 0 Å². The maximum atomic E-state index is 12.1. The number of epoxide rings is 2. The van der Waals surface area contributed by atoms with E-state index in [1.54, 1.807) is 0 Å². The van der Waals surface area contributed by atoms with E-state index in [4.69, 9.17) is 18.9 Å². The predicted octanol–water partition coefficient (Wildman–Crippen LogP) is 0.677. The molecule has 0 N–H and O–H groups in total. The Bertz CT molecular complexity index is 338. The zero-order chi connectivity index (χ0) is 13.9. The van der Waals surface area contributed by atoms with E-state index in [-0.39, 0.29) is 36.0 Å². The Morgan fingerprint density at radius 2 is 1.25 bits per heavy atom. The van der Waals surface area contributed by atoms with Crippen molar-refractivity contribution in [2.24, 2.45) is 11.8 Å². The van der Waals surface area contributed by atoms with Gasteiger partial charge in [0, 0.05) is 0 Å². The topological polar surface area (TPSA) is 77.7 Å². The highest BCUT2D eigenvalue weighted by atomic mass is 16.6. The molecule has 4 atom stereocenters. The van der Waals surface area contributed by atoms with Gasteiger partial charge in [-0.2, -0.15) is 0 Å². The molecule has 1 saturated carbocycles. The summed E-state index contributed by atoms with van der Waals surface area (Å²) in [6.45, 7) is 1.91. The molecule has 0 radical (unpaired) electrons. The first-order valence-electron chi connectivity index (χ1n) is 7.30. The van der Waals surface area contributed by atoms with E-state index in [9.17, 15) is 9.59 Å². The van der Waals surface area contributed by atoms with Crippen LogP contribution in [-0.4, -0.2) is 50.6 Å². The van der Waals surface area contributed by atoms with Crippen LogP contribution in [0.3, 0.4) is 0 Å². The number of hydrogen-bond acceptors (Lipinski definition) is 6. The Morgan fingerprint density at radius 3 is 1.60 bits per heavy atom. The summed E-state index contributed by atoms with van der Waals surface area (Å²) in [5.41, 5.74) is 0. The summed E-state index contributed by atoms with van der Waals surface area (Å²) in [5, 5.41) is 0. The minimum atomic E-state index is -0.366. The third kappa shape index (κ3) is 3.70. The first kappa shape index (κ1) is 13.8. The lowest BCUT2D eigenvalue weighted by atomic mass is 9.79. The summed E-state index contributed by atoms with van der Waals surface area (Å²) < 4.78 is 20.5. The lowest BCUT2D eigenvalue weighted by Gasteiger charge is -2.28. The molecule has 3 fully saturated rings. The minimum absolute atomic E-state index is 0.0555. The second kappa shape index (κ2) is 6.10. The van der Waals surface area contributed by atoms with Crippen LogP contribution in [0, 0.1) is 11.8 Å². The SMILES string of the molecule is O=C(OCC1CO1)[C@H]1CCCC[C@@H]1C(=O)OCC1CO1. The molecule has 2 saturated heterocycles. The van der Waals surface area contributed by atoms with Gasteiger partial charge in [-0.05, 0) is 12.8 Å². The smallest absolute Gasteiger partial charge is 0.309 e. The second-order valence-corrected chi connectivity index (χ2v) is 5.67. The largest absolute Gasteiger partial charge is 0.463 e. The normalized spacial score (nSPS) is 35.2. The summed E-state index contributed by atoms with van der Waals surface area (Å²) in [6, 6.07) is 0. The van der Waals surface area contributed by atoms with Gasteiger partial charge in [0.2, 0.25) is 0 Å². The van der Waals surface area contributed by atoms with E-state index in [0.29, 0.717) is 39.3 Å². The molecule has 3 rings (SSSR count). The molecule has 0 amide bonds. The van der Waals surface area contributed by atoms with Crippen molar-refractivity contribution >= 4 is 11.9 Å². The summed E-state index contributed by atoms with van der Waals surface area (Å²) in [7, 11) is 0. The highest BCUT2D eigenvalue weighted by Crippen LogP contribution is 2.32. The quantitative estimate of drug-likeness (QED) is 0.527. The van der Waals surface area contributed by atoms with Crippen molar-refractivity contribution in [2.45, 2.75) is 37.9 Å². The van der Waals surface area contributed by atoms with Crippen LogP contribution in [0.2, 0.25) is 0 Å². The maximum Gasteiger partial charge on any atom is 0.309 e. The van der Waals surface area contributed by atoms with Gasteiger partial charge in [-0.25, -0.2) is 0 Å². The van der Waals surface area contributed by atoms with Gasteiger partial charge in [-0.3, -0.25) is 9.59 Å². The average molecular weight is 284 g/mol. The third-order valence-electron chi connectivity index (χ3n) is 4.00. The summed E-state index contributed by atoms with van der Waals surface area (Å²) >= 11 is 0. The predicted molar refractivity (Wildman–Crippen MR) is 66.8 cm³/mol. The lowest BCUT2D eigenvalue weighted by Crippen LogP contribution is -2.35. The number of esters is 2. The summed E-state index contributed by atoms with van der Waals surface area (Å²) in [6.07, 6.45) is 3.42. The summed E-state index contributed by atoms with van der Waals surface area (Å²) in [4.78, 5) is 24.2. The molecule has 0 aromatic heterocycles. The molecular weight excluding hydrogens is 264 g/mol. The number of hydrogen-bond donors (Lipinski definition) is 0. The van der Waals surface area contributed by atoms with E-state index in [2.05, 4.69) is 0 Å². The number of ether oxygens (including phenoxy) is 4. The Morgan fingerprint density at radius 1 is 0.850 bits per heavy atom. The van der Waals surface area contributed by atoms with Gasteiger partial charge in [0.15, 0.2) is 0 Å². The monoisotopic (exact) mass is 284 g/mol. The van der Waals surface area contributed by atoms with Gasteiger partial charge in [0.25, 0.3) is 0 Å². The summed E-state index contributed by atoms with van der Waals surface area (Å²) in [5.74, 6) is -1.31. The van der Waals surface area contributed by atoms with Crippen LogP contribution < -0.4 is 0 Å². The molecule has 0 aromatic rings. The Labute approximate surface area is 117 Å². The van der Waals surface area contributed by atoms with Gasteiger partial charge in [0.05, 0.1) is 25.0 Å². The van der Waals surface area contributed by atoms with Gasteiger partial charge in [-0.15, -0.1) is 0 Å². The molecule has 1 aliphatic carbocycles. The van der Waals surface area contributed by atoms with Crippen molar-refractivity contribution in [3.63, 3.8) is 0 Å². The van der Waals surface area contributed by atoms with Crippen molar-refractivity contribution in [1.29, 1.82) is 0 Å². The maximum absolute atomic E-state index is 12.1. The molecule has 20 heavy (non-hydrogen) atoms. The fourth-order valence-corrected chi connectivity index (χ4v) is 2.59. The minimum Gasteiger partial charge on any atom is -0.463 e. The van der Waals surface area contributed by atoms with Crippen molar-refractivity contribution in [3.05, 3.63) is 0 Å². The van der Waals surface area contributed by atoms with E-state index in [0.717, 1.165) is 12.8 Å². The van der Waals surface area contributed by atoms with Crippen LogP contribution in [0.5, 0.6) is 0 Å². The van der Waals surface area contributed by atoms with E-state index in [1.807, 2.05) is 0 Å². The molecule has 2 aliphatic heterocycles. The lowest BCUT2D eigenvalue weighted by molar-refractivity contribution is -0.163. The molecule has 6 heteroatoms. The highest BCUT2D eigenvalue weighted by molar-refractivity contribution is 5.82. The Balaban J connectivity index is 1.50. The third-order valence-corrected chi connectivity index (χ3v) is 4.00. The fraction of sp³-hybridized carbons (Fsp3) is 0.857. The van der Waals surface area contributed by atoms with Gasteiger partial charge in [-0.1, -0.05) is 12.8 Å². The van der Waals surface area contributed by atoms with Crippen LogP contribution in [0.25, 0.3) is 0 Å². The van der Waals surface area contributed by atoms with E-state index < -0.39 is 0 Å². The van der Waals surface area contributed by atoms with Gasteiger partial charge in [0.1, 0.15) is 25.4 Å². The standard InChI is InChI=1S/C14H20O6/c15-13(19-7-9-5-17-9)11-3-1-2-4-12(11)14(16)20-8-10-6-18-10/h9-12H,1-8H2/t9?,10?,11-,12-/m0/s1. The van der Waals surface area contributed by atoms with Crippen LogP contribution in [0.4, 0.5) is 0 Å². The number of rotatable bonds is 6. The molecule has 2 unspecified atom stereocenters. The molecule has 2 heterocycles. The highest BCUT2D eigenvalue weighted by Gasteiger charge is 2.39. The molecule has 6 nitrogen and oxygen atoms in total. The Hall–Kier alpha value is -1.14. The molecule has 3 aliphatic rings. The molecule has 112 valence electrons. The number of carbonyl (C=O) groups excluding carboxylic acids is 2. The zero-order valence-corrected chi connectivity index (χ0v) is 11.4. The molecular formula is C14H20O6. The second-order valence-electron chi connectivity index (χ2n) is 5.67. The van der Waals surface area contributed by atoms with Crippen LogP contribution >= 0.6 is 0 Å². The Kier molecular flexibility index (Phi) is 4.21. The van der Waals surface area contributed by atoms with Gasteiger partial charge < -0.3 is 18.9 Å². The first-order chi connectivity index (χ1) is 9.74.